The van der Waals surface area contributed by atoms with E-state index in [0.29, 0.717) is 24.5 Å². The number of benzene rings is 1. The van der Waals surface area contributed by atoms with Crippen LogP contribution in [-0.2, 0) is 4.79 Å². The van der Waals surface area contributed by atoms with Crippen molar-refractivity contribution in [2.45, 2.75) is 0 Å². The number of aromatic nitrogens is 2. The lowest BCUT2D eigenvalue weighted by molar-refractivity contribution is -0.123. The first kappa shape index (κ1) is 13.2. The minimum atomic E-state index is -0.243. The number of hydrogen-bond acceptors (Lipinski definition) is 4. The summed E-state index contributed by atoms with van der Waals surface area (Å²) >= 11 is 0. The van der Waals surface area contributed by atoms with Gasteiger partial charge in [-0.3, -0.25) is 9.59 Å². The molecule has 7 heteroatoms. The lowest BCUT2D eigenvalue weighted by Gasteiger charge is -2.25. The van der Waals surface area contributed by atoms with E-state index in [0.717, 1.165) is 5.69 Å². The van der Waals surface area contributed by atoms with E-state index in [1.54, 1.807) is 29.1 Å². The van der Waals surface area contributed by atoms with Gasteiger partial charge in [-0.25, -0.2) is 4.68 Å². The van der Waals surface area contributed by atoms with Gasteiger partial charge in [0, 0.05) is 25.0 Å². The maximum absolute atomic E-state index is 12.3. The molecule has 3 N–H and O–H groups in total. The maximum Gasteiger partial charge on any atom is 0.274 e. The van der Waals surface area contributed by atoms with E-state index in [-0.39, 0.29) is 18.4 Å². The molecule has 21 heavy (non-hydrogen) atoms. The molecule has 0 atom stereocenters. The van der Waals surface area contributed by atoms with Crippen molar-refractivity contribution in [3.05, 3.63) is 42.2 Å². The molecule has 3 rings (SSSR count). The molecule has 0 bridgehead atoms. The van der Waals surface area contributed by atoms with Crippen LogP contribution >= 0.6 is 0 Å². The van der Waals surface area contributed by atoms with Gasteiger partial charge in [-0.05, 0) is 24.3 Å². The van der Waals surface area contributed by atoms with Gasteiger partial charge in [-0.1, -0.05) is 6.07 Å². The zero-order valence-corrected chi connectivity index (χ0v) is 11.3. The third kappa shape index (κ3) is 2.71. The van der Waals surface area contributed by atoms with Crippen molar-refractivity contribution in [3.8, 4) is 5.69 Å². The molecular formula is C14H15N5O2. The molecule has 0 saturated carbocycles. The first-order valence-electron chi connectivity index (χ1n) is 6.61. The smallest absolute Gasteiger partial charge is 0.274 e. The van der Waals surface area contributed by atoms with Gasteiger partial charge in [0.05, 0.1) is 12.2 Å². The number of carbonyl (C=O) groups is 2. The Morgan fingerprint density at radius 2 is 2.19 bits per heavy atom. The predicted octanol–water partition coefficient (Wildman–Crippen LogP) is 0.0265. The van der Waals surface area contributed by atoms with Gasteiger partial charge in [0.1, 0.15) is 0 Å². The summed E-state index contributed by atoms with van der Waals surface area (Å²) in [5.74, 6) is -0.391. The Labute approximate surface area is 121 Å². The highest BCUT2D eigenvalue weighted by molar-refractivity contribution is 5.95. The Balaban J connectivity index is 1.81. The Bertz CT molecular complexity index is 694. The van der Waals surface area contributed by atoms with Crippen molar-refractivity contribution < 1.29 is 9.59 Å². The number of carbonyl (C=O) groups excluding carboxylic acids is 2. The number of nitrogens with two attached hydrogens (primary N) is 1. The van der Waals surface area contributed by atoms with Gasteiger partial charge >= 0.3 is 0 Å². The van der Waals surface area contributed by atoms with Crippen LogP contribution in [0.5, 0.6) is 0 Å². The summed E-state index contributed by atoms with van der Waals surface area (Å²) < 4.78 is 1.59. The van der Waals surface area contributed by atoms with Crippen molar-refractivity contribution >= 4 is 17.5 Å². The van der Waals surface area contributed by atoms with Gasteiger partial charge in [-0.2, -0.15) is 5.10 Å². The topological polar surface area (TPSA) is 93.2 Å². The fraction of sp³-hybridized carbons (Fsp3) is 0.214. The van der Waals surface area contributed by atoms with Crippen LogP contribution in [-0.4, -0.2) is 46.1 Å². The fourth-order valence-corrected chi connectivity index (χ4v) is 2.22. The molecule has 7 nitrogen and oxygen atoms in total. The predicted molar refractivity (Wildman–Crippen MR) is 76.9 cm³/mol. The number of nitrogen functional groups attached to an aromatic ring is 1. The van der Waals surface area contributed by atoms with Crippen LogP contribution in [0.3, 0.4) is 0 Å². The zero-order valence-electron chi connectivity index (χ0n) is 11.3. The molecule has 2 heterocycles. The number of anilines is 1. The van der Waals surface area contributed by atoms with Crippen LogP contribution < -0.4 is 11.1 Å². The molecule has 2 amide bonds. The maximum atomic E-state index is 12.3. The van der Waals surface area contributed by atoms with Gasteiger partial charge in [0.15, 0.2) is 5.69 Å². The molecule has 0 spiro atoms. The summed E-state index contributed by atoms with van der Waals surface area (Å²) in [6.45, 7) is 1.04. The lowest BCUT2D eigenvalue weighted by atomic mass is 10.3. The van der Waals surface area contributed by atoms with E-state index in [1.807, 2.05) is 12.1 Å². The molecule has 1 aromatic heterocycles. The summed E-state index contributed by atoms with van der Waals surface area (Å²) in [5.41, 5.74) is 7.46. The molecule has 0 radical (unpaired) electrons. The summed E-state index contributed by atoms with van der Waals surface area (Å²) in [7, 11) is 0. The van der Waals surface area contributed by atoms with E-state index in [4.69, 9.17) is 5.73 Å². The largest absolute Gasteiger partial charge is 0.399 e. The monoisotopic (exact) mass is 285 g/mol. The van der Waals surface area contributed by atoms with Gasteiger partial charge in [-0.15, -0.1) is 0 Å². The van der Waals surface area contributed by atoms with E-state index < -0.39 is 0 Å². The van der Waals surface area contributed by atoms with Crippen molar-refractivity contribution in [3.63, 3.8) is 0 Å². The first-order valence-corrected chi connectivity index (χ1v) is 6.61. The Hall–Kier alpha value is -2.83. The molecule has 0 unspecified atom stereocenters. The van der Waals surface area contributed by atoms with Crippen LogP contribution in [0.15, 0.2) is 36.5 Å². The molecule has 2 aromatic rings. The summed E-state index contributed by atoms with van der Waals surface area (Å²) in [4.78, 5) is 25.1. The SMILES string of the molecule is Nc1cccc(-n2ccc(C(=O)N3CCNC(=O)C3)n2)c1. The number of amides is 2. The van der Waals surface area contributed by atoms with Crippen molar-refractivity contribution in [1.82, 2.24) is 20.0 Å². The lowest BCUT2D eigenvalue weighted by Crippen LogP contribution is -2.50. The quantitative estimate of drug-likeness (QED) is 0.761. The number of nitrogens with zero attached hydrogens (tertiary/aromatic N) is 3. The number of nitrogens with one attached hydrogen (secondary N) is 1. The van der Waals surface area contributed by atoms with E-state index in [1.165, 1.54) is 4.90 Å². The van der Waals surface area contributed by atoms with Crippen LogP contribution in [0.4, 0.5) is 5.69 Å². The van der Waals surface area contributed by atoms with Crippen LogP contribution in [0.1, 0.15) is 10.5 Å². The van der Waals surface area contributed by atoms with E-state index in [9.17, 15) is 9.59 Å². The first-order chi connectivity index (χ1) is 10.1. The Morgan fingerprint density at radius 3 is 2.95 bits per heavy atom. The average Bonchev–Trinajstić information content (AvgIpc) is 2.96. The second-order valence-corrected chi connectivity index (χ2v) is 4.82. The van der Waals surface area contributed by atoms with Crippen molar-refractivity contribution in [2.75, 3.05) is 25.4 Å². The van der Waals surface area contributed by atoms with Crippen LogP contribution in [0.2, 0.25) is 0 Å². The third-order valence-electron chi connectivity index (χ3n) is 3.27. The minimum absolute atomic E-state index is 0.0734. The fourth-order valence-electron chi connectivity index (χ4n) is 2.22. The molecule has 1 aliphatic heterocycles. The summed E-state index contributed by atoms with van der Waals surface area (Å²) in [5, 5.41) is 6.94. The van der Waals surface area contributed by atoms with Gasteiger partial charge in [0.25, 0.3) is 5.91 Å². The van der Waals surface area contributed by atoms with Crippen LogP contribution in [0.25, 0.3) is 5.69 Å². The third-order valence-corrected chi connectivity index (χ3v) is 3.27. The molecule has 1 aromatic carbocycles. The van der Waals surface area contributed by atoms with Crippen molar-refractivity contribution in [2.24, 2.45) is 0 Å². The standard InChI is InChI=1S/C14H15N5O2/c15-10-2-1-3-11(8-10)19-6-4-12(17-19)14(21)18-7-5-16-13(20)9-18/h1-4,6,8H,5,7,9,15H2,(H,16,20). The molecule has 1 fully saturated rings. The molecular weight excluding hydrogens is 270 g/mol. The van der Waals surface area contributed by atoms with E-state index >= 15 is 0 Å². The van der Waals surface area contributed by atoms with E-state index in [2.05, 4.69) is 10.4 Å². The normalized spacial score (nSPS) is 14.9. The summed E-state index contributed by atoms with van der Waals surface area (Å²) in [6, 6.07) is 8.87. The second-order valence-electron chi connectivity index (χ2n) is 4.82. The second kappa shape index (κ2) is 5.28. The molecule has 1 aliphatic rings. The zero-order chi connectivity index (χ0) is 14.8. The number of hydrogen-bond donors (Lipinski definition) is 2. The Morgan fingerprint density at radius 1 is 1.33 bits per heavy atom. The molecule has 0 aliphatic carbocycles. The molecule has 108 valence electrons. The highest BCUT2D eigenvalue weighted by Crippen LogP contribution is 2.12. The van der Waals surface area contributed by atoms with Gasteiger partial charge in [0.2, 0.25) is 5.91 Å². The number of rotatable bonds is 2. The average molecular weight is 285 g/mol. The van der Waals surface area contributed by atoms with Crippen LogP contribution in [0, 0.1) is 0 Å². The number of piperazine rings is 1. The highest BCUT2D eigenvalue weighted by Gasteiger charge is 2.23. The highest BCUT2D eigenvalue weighted by atomic mass is 16.2. The minimum Gasteiger partial charge on any atom is -0.399 e. The van der Waals surface area contributed by atoms with Gasteiger partial charge < -0.3 is 16.0 Å². The Kier molecular flexibility index (Phi) is 3.31. The van der Waals surface area contributed by atoms with Crippen molar-refractivity contribution in [1.29, 1.82) is 0 Å². The molecule has 1 saturated heterocycles. The summed E-state index contributed by atoms with van der Waals surface area (Å²) in [6.07, 6.45) is 1.70.